The summed E-state index contributed by atoms with van der Waals surface area (Å²) in [5, 5.41) is -0.236. The molecule has 0 aliphatic heterocycles. The highest BCUT2D eigenvalue weighted by Gasteiger charge is 2.10. The molecular formula is C15H8Cl2N2O. The number of carbonyl (C=O) groups is 1. The summed E-state index contributed by atoms with van der Waals surface area (Å²) in [5.74, 6) is 0. The molecule has 0 radical (unpaired) electrons. The zero-order chi connectivity index (χ0) is 14.1. The van der Waals surface area contributed by atoms with Crippen LogP contribution in [0.3, 0.4) is 0 Å². The van der Waals surface area contributed by atoms with E-state index in [1.807, 2.05) is 30.3 Å². The third-order valence-electron chi connectivity index (χ3n) is 2.90. The molecule has 0 bridgehead atoms. The maximum Gasteiger partial charge on any atom is 0.252 e. The summed E-state index contributed by atoms with van der Waals surface area (Å²) >= 11 is 11.6. The molecule has 0 N–H and O–H groups in total. The van der Waals surface area contributed by atoms with Crippen LogP contribution in [-0.2, 0) is 0 Å². The van der Waals surface area contributed by atoms with E-state index in [4.69, 9.17) is 23.2 Å². The van der Waals surface area contributed by atoms with Crippen molar-refractivity contribution in [2.45, 2.75) is 0 Å². The van der Waals surface area contributed by atoms with E-state index in [0.29, 0.717) is 27.4 Å². The third-order valence-corrected chi connectivity index (χ3v) is 3.38. The summed E-state index contributed by atoms with van der Waals surface area (Å²) in [6.07, 6.45) is 0. The van der Waals surface area contributed by atoms with Crippen LogP contribution in [0.1, 0.15) is 10.4 Å². The number of carbonyl (C=O) groups excluding carboxylic acids is 1. The summed E-state index contributed by atoms with van der Waals surface area (Å²) in [6.45, 7) is 0. The van der Waals surface area contributed by atoms with Crippen molar-refractivity contribution in [3.8, 4) is 11.3 Å². The topological polar surface area (TPSA) is 42.9 Å². The fourth-order valence-corrected chi connectivity index (χ4v) is 2.29. The molecule has 0 spiro atoms. The first-order valence-electron chi connectivity index (χ1n) is 5.88. The molecule has 0 saturated carbocycles. The van der Waals surface area contributed by atoms with Gasteiger partial charge in [-0.15, -0.1) is 0 Å². The van der Waals surface area contributed by atoms with E-state index in [9.17, 15) is 4.79 Å². The Morgan fingerprint density at radius 3 is 2.40 bits per heavy atom. The van der Waals surface area contributed by atoms with E-state index in [1.54, 1.807) is 18.2 Å². The molecule has 98 valence electrons. The van der Waals surface area contributed by atoms with Gasteiger partial charge in [0.25, 0.3) is 5.24 Å². The smallest absolute Gasteiger partial charge is 0.252 e. The third kappa shape index (κ3) is 2.38. The predicted octanol–water partition coefficient (Wildman–Crippen LogP) is 4.33. The first kappa shape index (κ1) is 13.0. The maximum atomic E-state index is 11.1. The number of benzene rings is 2. The Balaban J connectivity index is 2.20. The molecule has 0 amide bonds. The van der Waals surface area contributed by atoms with Gasteiger partial charge in [0, 0.05) is 11.1 Å². The average Bonchev–Trinajstić information content (AvgIpc) is 2.46. The molecule has 3 aromatic rings. The normalized spacial score (nSPS) is 10.7. The highest BCUT2D eigenvalue weighted by Crippen LogP contribution is 2.27. The highest BCUT2D eigenvalue weighted by atomic mass is 35.5. The fourth-order valence-electron chi connectivity index (χ4n) is 1.93. The Morgan fingerprint density at radius 1 is 0.950 bits per heavy atom. The molecule has 3 rings (SSSR count). The number of rotatable bonds is 2. The average molecular weight is 303 g/mol. The van der Waals surface area contributed by atoms with Crippen LogP contribution >= 0.6 is 23.2 Å². The Morgan fingerprint density at radius 2 is 1.70 bits per heavy atom. The number of fused-ring (bicyclic) bond motifs is 1. The number of aromatic nitrogens is 2. The van der Waals surface area contributed by atoms with Crippen LogP contribution in [0.5, 0.6) is 0 Å². The van der Waals surface area contributed by atoms with Crippen LogP contribution in [0.15, 0.2) is 48.5 Å². The minimum atomic E-state index is -0.531. The molecule has 5 heteroatoms. The van der Waals surface area contributed by atoms with Crippen LogP contribution in [0.25, 0.3) is 22.3 Å². The molecule has 1 aromatic heterocycles. The first-order valence-corrected chi connectivity index (χ1v) is 6.63. The van der Waals surface area contributed by atoms with Gasteiger partial charge in [-0.3, -0.25) is 4.79 Å². The van der Waals surface area contributed by atoms with E-state index in [2.05, 4.69) is 9.97 Å². The Kier molecular flexibility index (Phi) is 3.38. The molecule has 0 aliphatic rings. The number of hydrogen-bond donors (Lipinski definition) is 0. The maximum absolute atomic E-state index is 11.1. The lowest BCUT2D eigenvalue weighted by atomic mass is 10.1. The lowest BCUT2D eigenvalue weighted by Gasteiger charge is -2.06. The first-order chi connectivity index (χ1) is 9.65. The summed E-state index contributed by atoms with van der Waals surface area (Å²) in [5.41, 5.74) is 3.09. The van der Waals surface area contributed by atoms with E-state index in [1.165, 1.54) is 0 Å². The second-order valence-electron chi connectivity index (χ2n) is 4.21. The molecular weight excluding hydrogens is 295 g/mol. The van der Waals surface area contributed by atoms with Crippen molar-refractivity contribution in [1.29, 1.82) is 0 Å². The van der Waals surface area contributed by atoms with Gasteiger partial charge in [-0.2, -0.15) is 0 Å². The SMILES string of the molecule is O=C(Cl)c1ccc2nc(-c3ccccc3)c(Cl)nc2c1. The van der Waals surface area contributed by atoms with Crippen LogP contribution in [0.2, 0.25) is 5.15 Å². The van der Waals surface area contributed by atoms with Crippen molar-refractivity contribution >= 4 is 39.5 Å². The van der Waals surface area contributed by atoms with Gasteiger partial charge >= 0.3 is 0 Å². The Labute approximate surface area is 125 Å². The second kappa shape index (κ2) is 5.19. The number of halogens is 2. The molecule has 1 heterocycles. The molecule has 20 heavy (non-hydrogen) atoms. The van der Waals surface area contributed by atoms with Crippen LogP contribution < -0.4 is 0 Å². The Bertz CT molecular complexity index is 804. The van der Waals surface area contributed by atoms with Crippen molar-refractivity contribution in [3.05, 3.63) is 59.2 Å². The van der Waals surface area contributed by atoms with Gasteiger partial charge in [0.05, 0.1) is 11.0 Å². The fraction of sp³-hybridized carbons (Fsp3) is 0. The predicted molar refractivity (Wildman–Crippen MR) is 80.2 cm³/mol. The van der Waals surface area contributed by atoms with Gasteiger partial charge in [0.15, 0.2) is 5.15 Å². The molecule has 3 nitrogen and oxygen atoms in total. The lowest BCUT2D eigenvalue weighted by Crippen LogP contribution is -1.94. The zero-order valence-electron chi connectivity index (χ0n) is 10.2. The monoisotopic (exact) mass is 302 g/mol. The largest absolute Gasteiger partial charge is 0.276 e. The minimum absolute atomic E-state index is 0.294. The summed E-state index contributed by atoms with van der Waals surface area (Å²) in [7, 11) is 0. The van der Waals surface area contributed by atoms with Gasteiger partial charge in [-0.05, 0) is 29.8 Å². The van der Waals surface area contributed by atoms with Crippen molar-refractivity contribution < 1.29 is 4.79 Å². The van der Waals surface area contributed by atoms with Crippen molar-refractivity contribution in [3.63, 3.8) is 0 Å². The lowest BCUT2D eigenvalue weighted by molar-refractivity contribution is 0.108. The van der Waals surface area contributed by atoms with E-state index >= 15 is 0 Å². The van der Waals surface area contributed by atoms with E-state index in [0.717, 1.165) is 5.56 Å². The van der Waals surface area contributed by atoms with Crippen LogP contribution in [0.4, 0.5) is 0 Å². The van der Waals surface area contributed by atoms with Gasteiger partial charge in [0.1, 0.15) is 5.69 Å². The van der Waals surface area contributed by atoms with Crippen LogP contribution in [0, 0.1) is 0 Å². The summed E-state index contributed by atoms with van der Waals surface area (Å²) in [4.78, 5) is 19.9. The zero-order valence-corrected chi connectivity index (χ0v) is 11.7. The molecule has 0 unspecified atom stereocenters. The van der Waals surface area contributed by atoms with Crippen molar-refractivity contribution in [2.24, 2.45) is 0 Å². The van der Waals surface area contributed by atoms with Gasteiger partial charge in [0.2, 0.25) is 0 Å². The number of nitrogens with zero attached hydrogens (tertiary/aromatic N) is 2. The molecule has 0 saturated heterocycles. The van der Waals surface area contributed by atoms with Gasteiger partial charge < -0.3 is 0 Å². The molecule has 0 aliphatic carbocycles. The van der Waals surface area contributed by atoms with Gasteiger partial charge in [-0.1, -0.05) is 41.9 Å². The molecule has 0 atom stereocenters. The number of hydrogen-bond acceptors (Lipinski definition) is 3. The van der Waals surface area contributed by atoms with Crippen LogP contribution in [-0.4, -0.2) is 15.2 Å². The van der Waals surface area contributed by atoms with E-state index in [-0.39, 0.29) is 0 Å². The summed E-state index contributed by atoms with van der Waals surface area (Å²) < 4.78 is 0. The second-order valence-corrected chi connectivity index (χ2v) is 4.91. The quantitative estimate of drug-likeness (QED) is 0.662. The summed E-state index contributed by atoms with van der Waals surface area (Å²) in [6, 6.07) is 14.5. The van der Waals surface area contributed by atoms with E-state index < -0.39 is 5.24 Å². The highest BCUT2D eigenvalue weighted by molar-refractivity contribution is 6.67. The molecule has 0 fully saturated rings. The van der Waals surface area contributed by atoms with Crippen molar-refractivity contribution in [2.75, 3.05) is 0 Å². The molecule has 2 aromatic carbocycles. The Hall–Kier alpha value is -1.97. The minimum Gasteiger partial charge on any atom is -0.276 e. The van der Waals surface area contributed by atoms with Crippen molar-refractivity contribution in [1.82, 2.24) is 9.97 Å². The standard InChI is InChI=1S/C15H8Cl2N2O/c16-14-13(9-4-2-1-3-5-9)18-11-7-6-10(15(17)20)8-12(11)19-14/h1-8H. The van der Waals surface area contributed by atoms with Gasteiger partial charge in [-0.25, -0.2) is 9.97 Å².